The summed E-state index contributed by atoms with van der Waals surface area (Å²) in [5.74, 6) is 0.0231. The lowest BCUT2D eigenvalue weighted by Gasteiger charge is -2.18. The molecule has 0 bridgehead atoms. The molecule has 4 aromatic rings. The van der Waals surface area contributed by atoms with Crippen LogP contribution in [-0.4, -0.2) is 34.9 Å². The average Bonchev–Trinajstić information content (AvgIpc) is 3.37. The van der Waals surface area contributed by atoms with Crippen LogP contribution >= 0.6 is 11.3 Å². The lowest BCUT2D eigenvalue weighted by molar-refractivity contribution is -0.123. The number of rotatable bonds is 10. The minimum absolute atomic E-state index is 0.236. The van der Waals surface area contributed by atoms with Crippen LogP contribution in [0.1, 0.15) is 21.6 Å². The van der Waals surface area contributed by atoms with Gasteiger partial charge in [0.2, 0.25) is 5.91 Å². The molecule has 8 nitrogen and oxygen atoms in total. The Morgan fingerprint density at radius 1 is 1.00 bits per heavy atom. The smallest absolute Gasteiger partial charge is 0.271 e. The van der Waals surface area contributed by atoms with E-state index >= 15 is 0 Å². The van der Waals surface area contributed by atoms with Crippen molar-refractivity contribution in [1.82, 2.24) is 20.6 Å². The summed E-state index contributed by atoms with van der Waals surface area (Å²) < 4.78 is 5.24. The first-order valence-corrected chi connectivity index (χ1v) is 11.9. The van der Waals surface area contributed by atoms with Gasteiger partial charge in [0, 0.05) is 42.5 Å². The predicted molar refractivity (Wildman–Crippen MR) is 136 cm³/mol. The topological polar surface area (TPSA) is 105 Å². The Morgan fingerprint density at radius 3 is 2.57 bits per heavy atom. The summed E-state index contributed by atoms with van der Waals surface area (Å²) in [5.41, 5.74) is 2.89. The highest BCUT2D eigenvalue weighted by Gasteiger charge is 2.23. The zero-order valence-corrected chi connectivity index (χ0v) is 19.9. The van der Waals surface area contributed by atoms with E-state index in [-0.39, 0.29) is 11.6 Å². The first-order valence-electron chi connectivity index (χ1n) is 11.0. The molecule has 35 heavy (non-hydrogen) atoms. The van der Waals surface area contributed by atoms with Gasteiger partial charge in [0.15, 0.2) is 5.13 Å². The van der Waals surface area contributed by atoms with Gasteiger partial charge in [-0.05, 0) is 35.4 Å². The van der Waals surface area contributed by atoms with Gasteiger partial charge in [-0.15, -0.1) is 11.3 Å². The van der Waals surface area contributed by atoms with Gasteiger partial charge in [0.05, 0.1) is 7.11 Å². The van der Waals surface area contributed by atoms with Gasteiger partial charge in [0.1, 0.15) is 17.5 Å². The monoisotopic (exact) mass is 487 g/mol. The highest BCUT2D eigenvalue weighted by Crippen LogP contribution is 2.24. The third-order valence-corrected chi connectivity index (χ3v) is 5.94. The Balaban J connectivity index is 1.43. The van der Waals surface area contributed by atoms with Crippen LogP contribution in [0.25, 0.3) is 0 Å². The number of ether oxygens (including phenoxy) is 1. The van der Waals surface area contributed by atoms with Gasteiger partial charge in [-0.1, -0.05) is 36.4 Å². The van der Waals surface area contributed by atoms with Gasteiger partial charge in [-0.2, -0.15) is 0 Å². The number of pyridine rings is 1. The average molecular weight is 488 g/mol. The molecule has 2 amide bonds. The van der Waals surface area contributed by atoms with Crippen molar-refractivity contribution in [2.75, 3.05) is 12.4 Å². The van der Waals surface area contributed by atoms with E-state index in [0.717, 1.165) is 16.8 Å². The van der Waals surface area contributed by atoms with Crippen molar-refractivity contribution in [3.63, 3.8) is 0 Å². The predicted octanol–water partition coefficient (Wildman–Crippen LogP) is 3.95. The normalized spacial score (nSPS) is 11.3. The van der Waals surface area contributed by atoms with Crippen LogP contribution in [0.2, 0.25) is 0 Å². The highest BCUT2D eigenvalue weighted by atomic mass is 32.1. The van der Waals surface area contributed by atoms with E-state index in [2.05, 4.69) is 25.9 Å². The first kappa shape index (κ1) is 23.9. The van der Waals surface area contributed by atoms with Gasteiger partial charge >= 0.3 is 0 Å². The minimum Gasteiger partial charge on any atom is -0.497 e. The number of thiazole rings is 1. The second-order valence-electron chi connectivity index (χ2n) is 7.68. The summed E-state index contributed by atoms with van der Waals surface area (Å²) in [6.07, 6.45) is 3.70. The molecule has 0 radical (unpaired) electrons. The quantitative estimate of drug-likeness (QED) is 0.313. The first-order chi connectivity index (χ1) is 17.1. The summed E-state index contributed by atoms with van der Waals surface area (Å²) in [6, 6.07) is 19.9. The standard InChI is InChI=1S/C26H25N5O3S/c1-34-21-9-5-8-20(15-21)29-26-31-23(17-35-26)25(33)30-22(14-18-6-3-2-4-7-18)24(32)28-16-19-10-12-27-13-11-19/h2-13,15,17,22H,14,16H2,1H3,(H,28,32)(H,29,31)(H,30,33). The molecular weight excluding hydrogens is 462 g/mol. The molecule has 4 rings (SSSR count). The lowest BCUT2D eigenvalue weighted by atomic mass is 10.0. The zero-order valence-electron chi connectivity index (χ0n) is 19.1. The molecule has 0 fully saturated rings. The second-order valence-corrected chi connectivity index (χ2v) is 8.54. The SMILES string of the molecule is COc1cccc(Nc2nc(C(=O)NC(Cc3ccccc3)C(=O)NCc3ccncc3)cs2)c1. The molecule has 0 saturated carbocycles. The number of carbonyl (C=O) groups excluding carboxylic acids is 2. The second kappa shape index (κ2) is 11.8. The molecular formula is C26H25N5O3S. The number of anilines is 2. The minimum atomic E-state index is -0.761. The third-order valence-electron chi connectivity index (χ3n) is 5.18. The highest BCUT2D eigenvalue weighted by molar-refractivity contribution is 7.14. The van der Waals surface area contributed by atoms with Crippen LogP contribution in [0.15, 0.2) is 84.5 Å². The molecule has 178 valence electrons. The van der Waals surface area contributed by atoms with Gasteiger partial charge in [0.25, 0.3) is 5.91 Å². The maximum absolute atomic E-state index is 13.0. The fourth-order valence-electron chi connectivity index (χ4n) is 3.36. The Morgan fingerprint density at radius 2 is 1.80 bits per heavy atom. The van der Waals surface area contributed by atoms with Crippen molar-refractivity contribution >= 4 is 34.0 Å². The van der Waals surface area contributed by atoms with Gasteiger partial charge < -0.3 is 20.7 Å². The van der Waals surface area contributed by atoms with Crippen LogP contribution in [0.4, 0.5) is 10.8 Å². The van der Waals surface area contributed by atoms with E-state index in [4.69, 9.17) is 4.74 Å². The fraction of sp³-hybridized carbons (Fsp3) is 0.154. The Bertz CT molecular complexity index is 1260. The van der Waals surface area contributed by atoms with E-state index in [1.54, 1.807) is 24.9 Å². The van der Waals surface area contributed by atoms with Gasteiger partial charge in [-0.25, -0.2) is 4.98 Å². The Hall–Kier alpha value is -4.24. The van der Waals surface area contributed by atoms with E-state index in [1.807, 2.05) is 66.7 Å². The molecule has 0 aliphatic heterocycles. The summed E-state index contributed by atoms with van der Waals surface area (Å²) in [7, 11) is 1.60. The maximum atomic E-state index is 13.0. The molecule has 0 aliphatic carbocycles. The summed E-state index contributed by atoms with van der Waals surface area (Å²) in [4.78, 5) is 34.4. The number of carbonyl (C=O) groups is 2. The summed E-state index contributed by atoms with van der Waals surface area (Å²) in [5, 5.41) is 11.1. The van der Waals surface area contributed by atoms with Crippen LogP contribution in [0.3, 0.4) is 0 Å². The molecule has 9 heteroatoms. The molecule has 2 aromatic heterocycles. The number of hydrogen-bond acceptors (Lipinski definition) is 7. The molecule has 0 saturated heterocycles. The van der Waals surface area contributed by atoms with Crippen molar-refractivity contribution in [3.8, 4) is 5.75 Å². The zero-order chi connectivity index (χ0) is 24.5. The molecule has 2 heterocycles. The third kappa shape index (κ3) is 6.87. The number of aromatic nitrogens is 2. The molecule has 1 unspecified atom stereocenters. The van der Waals surface area contributed by atoms with Crippen LogP contribution < -0.4 is 20.7 Å². The molecule has 2 aromatic carbocycles. The van der Waals surface area contributed by atoms with E-state index in [9.17, 15) is 9.59 Å². The molecule has 0 aliphatic rings. The van der Waals surface area contributed by atoms with Gasteiger partial charge in [-0.3, -0.25) is 14.6 Å². The summed E-state index contributed by atoms with van der Waals surface area (Å²) >= 11 is 1.30. The number of hydrogen-bond donors (Lipinski definition) is 3. The van der Waals surface area contributed by atoms with Crippen LogP contribution in [0, 0.1) is 0 Å². The fourth-order valence-corrected chi connectivity index (χ4v) is 4.07. The number of amides is 2. The number of benzene rings is 2. The largest absolute Gasteiger partial charge is 0.497 e. The molecule has 3 N–H and O–H groups in total. The Labute approximate surface area is 207 Å². The van der Waals surface area contributed by atoms with E-state index < -0.39 is 11.9 Å². The number of nitrogens with zero attached hydrogens (tertiary/aromatic N) is 2. The number of methoxy groups -OCH3 is 1. The van der Waals surface area contributed by atoms with Crippen LogP contribution in [-0.2, 0) is 17.8 Å². The number of nitrogens with one attached hydrogen (secondary N) is 3. The molecule has 1 atom stereocenters. The maximum Gasteiger partial charge on any atom is 0.271 e. The van der Waals surface area contributed by atoms with Crippen molar-refractivity contribution in [2.45, 2.75) is 19.0 Å². The van der Waals surface area contributed by atoms with E-state index in [1.165, 1.54) is 11.3 Å². The summed E-state index contributed by atoms with van der Waals surface area (Å²) in [6.45, 7) is 0.341. The van der Waals surface area contributed by atoms with Crippen LogP contribution in [0.5, 0.6) is 5.75 Å². The van der Waals surface area contributed by atoms with Crippen molar-refractivity contribution in [1.29, 1.82) is 0 Å². The Kier molecular flexibility index (Phi) is 8.03. The lowest BCUT2D eigenvalue weighted by Crippen LogP contribution is -2.47. The van der Waals surface area contributed by atoms with Crippen molar-refractivity contribution < 1.29 is 14.3 Å². The van der Waals surface area contributed by atoms with E-state index in [0.29, 0.717) is 23.8 Å². The van der Waals surface area contributed by atoms with Crippen molar-refractivity contribution in [2.24, 2.45) is 0 Å². The molecule has 0 spiro atoms. The van der Waals surface area contributed by atoms with Crippen molar-refractivity contribution in [3.05, 3.63) is 101 Å².